The van der Waals surface area contributed by atoms with Crippen LogP contribution in [-0.2, 0) is 0 Å². The minimum Gasteiger partial charge on any atom is -0.313 e. The van der Waals surface area contributed by atoms with Crippen LogP contribution in [0, 0.1) is 5.41 Å². The number of nitrogens with one attached hydrogen (secondary N) is 1. The van der Waals surface area contributed by atoms with Crippen LogP contribution in [0.15, 0.2) is 0 Å². The molecule has 0 heterocycles. The fourth-order valence-electron chi connectivity index (χ4n) is 2.85. The van der Waals surface area contributed by atoms with E-state index in [-0.39, 0.29) is 0 Å². The van der Waals surface area contributed by atoms with Gasteiger partial charge >= 0.3 is 0 Å². The van der Waals surface area contributed by atoms with E-state index in [4.69, 9.17) is 0 Å². The summed E-state index contributed by atoms with van der Waals surface area (Å²) < 4.78 is 0. The number of hydrogen-bond acceptors (Lipinski definition) is 1. The van der Waals surface area contributed by atoms with Crippen LogP contribution in [0.4, 0.5) is 0 Å². The average molecular weight is 209 g/mol. The predicted octanol–water partition coefficient (Wildman–Crippen LogP) is 3.88. The Kier molecular flexibility index (Phi) is 4.07. The molecular weight excluding hydrogens is 182 g/mol. The van der Waals surface area contributed by atoms with E-state index in [1.165, 1.54) is 70.8 Å². The third-order valence-corrected chi connectivity index (χ3v) is 4.58. The van der Waals surface area contributed by atoms with Gasteiger partial charge in [-0.15, -0.1) is 0 Å². The minimum atomic E-state index is 0.725. The molecule has 0 aromatic heterocycles. The molecule has 0 aromatic carbocycles. The van der Waals surface area contributed by atoms with Crippen LogP contribution in [0.3, 0.4) is 0 Å². The molecule has 2 aliphatic carbocycles. The molecule has 0 aromatic rings. The Labute approximate surface area is 95.0 Å². The van der Waals surface area contributed by atoms with Gasteiger partial charge in [-0.3, -0.25) is 0 Å². The highest BCUT2D eigenvalue weighted by Gasteiger charge is 2.40. The second-order valence-electron chi connectivity index (χ2n) is 5.78. The van der Waals surface area contributed by atoms with Crippen molar-refractivity contribution in [3.63, 3.8) is 0 Å². The fraction of sp³-hybridized carbons (Fsp3) is 1.00. The van der Waals surface area contributed by atoms with Crippen molar-refractivity contribution in [2.75, 3.05) is 6.54 Å². The molecule has 0 amide bonds. The summed E-state index contributed by atoms with van der Waals surface area (Å²) in [4.78, 5) is 0. The molecule has 2 aliphatic rings. The zero-order valence-corrected chi connectivity index (χ0v) is 10.4. The highest BCUT2D eigenvalue weighted by Crippen LogP contribution is 2.48. The molecule has 1 nitrogen and oxygen atoms in total. The molecule has 88 valence electrons. The second kappa shape index (κ2) is 5.34. The molecular formula is C14H27N. The Morgan fingerprint density at radius 3 is 2.13 bits per heavy atom. The fourth-order valence-corrected chi connectivity index (χ4v) is 2.85. The number of rotatable bonds is 4. The van der Waals surface area contributed by atoms with Crippen LogP contribution in [0.1, 0.15) is 71.1 Å². The molecule has 0 unspecified atom stereocenters. The maximum Gasteiger partial charge on any atom is 0.00672 e. The summed E-state index contributed by atoms with van der Waals surface area (Å²) in [6.07, 6.45) is 14.5. The lowest BCUT2D eigenvalue weighted by atomic mass is 9.95. The molecule has 0 saturated heterocycles. The maximum atomic E-state index is 3.84. The van der Waals surface area contributed by atoms with Crippen molar-refractivity contribution in [3.8, 4) is 0 Å². The summed E-state index contributed by atoms with van der Waals surface area (Å²) in [5.41, 5.74) is 0.725. The predicted molar refractivity (Wildman–Crippen MR) is 66.1 cm³/mol. The first-order valence-corrected chi connectivity index (χ1v) is 7.08. The first-order chi connectivity index (χ1) is 7.35. The Morgan fingerprint density at radius 1 is 1.00 bits per heavy atom. The molecule has 15 heavy (non-hydrogen) atoms. The first kappa shape index (κ1) is 11.4. The van der Waals surface area contributed by atoms with Crippen molar-refractivity contribution < 1.29 is 0 Å². The molecule has 0 radical (unpaired) electrons. The van der Waals surface area contributed by atoms with Gasteiger partial charge in [0.05, 0.1) is 0 Å². The lowest BCUT2D eigenvalue weighted by Crippen LogP contribution is -2.34. The van der Waals surface area contributed by atoms with E-state index in [0.29, 0.717) is 0 Å². The molecule has 0 spiro atoms. The van der Waals surface area contributed by atoms with Crippen molar-refractivity contribution in [2.45, 2.75) is 77.2 Å². The molecule has 0 atom stereocenters. The van der Waals surface area contributed by atoms with Gasteiger partial charge in [0.2, 0.25) is 0 Å². The zero-order chi connectivity index (χ0) is 10.6. The van der Waals surface area contributed by atoms with E-state index in [9.17, 15) is 0 Å². The molecule has 0 aliphatic heterocycles. The Morgan fingerprint density at radius 2 is 1.60 bits per heavy atom. The summed E-state index contributed by atoms with van der Waals surface area (Å²) in [5, 5.41) is 3.84. The molecule has 0 bridgehead atoms. The standard InChI is InChI=1S/C14H27N/c1-2-14(10-11-14)12-15-13-8-6-4-3-5-7-9-13/h13,15H,2-12H2,1H3. The highest BCUT2D eigenvalue weighted by atomic mass is 14.9. The SMILES string of the molecule is CCC1(CNC2CCCCCCC2)CC1. The van der Waals surface area contributed by atoms with Crippen molar-refractivity contribution >= 4 is 0 Å². The lowest BCUT2D eigenvalue weighted by molar-refractivity contribution is 0.346. The smallest absolute Gasteiger partial charge is 0.00672 e. The maximum absolute atomic E-state index is 3.84. The third-order valence-electron chi connectivity index (χ3n) is 4.58. The van der Waals surface area contributed by atoms with Gasteiger partial charge < -0.3 is 5.32 Å². The molecule has 1 N–H and O–H groups in total. The lowest BCUT2D eigenvalue weighted by Gasteiger charge is -2.23. The van der Waals surface area contributed by atoms with Crippen molar-refractivity contribution in [1.29, 1.82) is 0 Å². The van der Waals surface area contributed by atoms with E-state index in [1.54, 1.807) is 0 Å². The van der Waals surface area contributed by atoms with Gasteiger partial charge in [0.15, 0.2) is 0 Å². The van der Waals surface area contributed by atoms with Gasteiger partial charge in [0, 0.05) is 12.6 Å². The van der Waals surface area contributed by atoms with Crippen molar-refractivity contribution in [1.82, 2.24) is 5.32 Å². The first-order valence-electron chi connectivity index (χ1n) is 7.08. The van der Waals surface area contributed by atoms with E-state index >= 15 is 0 Å². The van der Waals surface area contributed by atoms with Crippen LogP contribution in [0.25, 0.3) is 0 Å². The normalized spacial score (nSPS) is 27.0. The summed E-state index contributed by atoms with van der Waals surface area (Å²) in [6.45, 7) is 3.65. The highest BCUT2D eigenvalue weighted by molar-refractivity contribution is 4.94. The largest absolute Gasteiger partial charge is 0.313 e. The molecule has 2 saturated carbocycles. The van der Waals surface area contributed by atoms with Gasteiger partial charge in [-0.25, -0.2) is 0 Å². The van der Waals surface area contributed by atoms with Crippen LogP contribution < -0.4 is 5.32 Å². The van der Waals surface area contributed by atoms with Crippen LogP contribution in [0.5, 0.6) is 0 Å². The Hall–Kier alpha value is -0.0400. The molecule has 1 heteroatoms. The van der Waals surface area contributed by atoms with Crippen molar-refractivity contribution in [2.24, 2.45) is 5.41 Å². The number of hydrogen-bond donors (Lipinski definition) is 1. The second-order valence-corrected chi connectivity index (χ2v) is 5.78. The Bertz CT molecular complexity index is 176. The molecule has 2 rings (SSSR count). The summed E-state index contributed by atoms with van der Waals surface area (Å²) in [5.74, 6) is 0. The molecule has 2 fully saturated rings. The van der Waals surface area contributed by atoms with Crippen LogP contribution in [0.2, 0.25) is 0 Å². The minimum absolute atomic E-state index is 0.725. The summed E-state index contributed by atoms with van der Waals surface area (Å²) in [7, 11) is 0. The summed E-state index contributed by atoms with van der Waals surface area (Å²) >= 11 is 0. The third kappa shape index (κ3) is 3.48. The van der Waals surface area contributed by atoms with Gasteiger partial charge in [0.25, 0.3) is 0 Å². The van der Waals surface area contributed by atoms with Crippen molar-refractivity contribution in [3.05, 3.63) is 0 Å². The average Bonchev–Trinajstić information content (AvgIpc) is 2.97. The van der Waals surface area contributed by atoms with E-state index in [1.807, 2.05) is 0 Å². The van der Waals surface area contributed by atoms with E-state index in [2.05, 4.69) is 12.2 Å². The van der Waals surface area contributed by atoms with E-state index < -0.39 is 0 Å². The Balaban J connectivity index is 1.68. The zero-order valence-electron chi connectivity index (χ0n) is 10.4. The van der Waals surface area contributed by atoms with Crippen LogP contribution in [-0.4, -0.2) is 12.6 Å². The van der Waals surface area contributed by atoms with E-state index in [0.717, 1.165) is 11.5 Å². The van der Waals surface area contributed by atoms with Gasteiger partial charge in [0.1, 0.15) is 0 Å². The van der Waals surface area contributed by atoms with Gasteiger partial charge in [-0.2, -0.15) is 0 Å². The van der Waals surface area contributed by atoms with Gasteiger partial charge in [-0.05, 0) is 37.5 Å². The topological polar surface area (TPSA) is 12.0 Å². The summed E-state index contributed by atoms with van der Waals surface area (Å²) in [6, 6.07) is 0.842. The monoisotopic (exact) mass is 209 g/mol. The van der Waals surface area contributed by atoms with Crippen LogP contribution >= 0.6 is 0 Å². The van der Waals surface area contributed by atoms with Gasteiger partial charge in [-0.1, -0.05) is 39.0 Å². The quantitative estimate of drug-likeness (QED) is 0.741.